The van der Waals surface area contributed by atoms with Gasteiger partial charge in [0.1, 0.15) is 6.04 Å². The third-order valence-electron chi connectivity index (χ3n) is 8.57. The van der Waals surface area contributed by atoms with Crippen molar-refractivity contribution in [3.05, 3.63) is 107 Å². The second kappa shape index (κ2) is 11.8. The molecule has 0 bridgehead atoms. The largest absolute Gasteiger partial charge is 0.480 e. The molecule has 3 atom stereocenters. The van der Waals surface area contributed by atoms with E-state index in [1.165, 1.54) is 10.5 Å². The van der Waals surface area contributed by atoms with Gasteiger partial charge < -0.3 is 25.2 Å². The van der Waals surface area contributed by atoms with Crippen molar-refractivity contribution in [3.63, 3.8) is 0 Å². The molecule has 1 fully saturated rings. The number of carboxylic acids is 1. The van der Waals surface area contributed by atoms with E-state index in [9.17, 15) is 24.6 Å². The average molecular weight is 593 g/mol. The number of ether oxygens (including phenoxy) is 1. The Kier molecular flexibility index (Phi) is 7.86. The van der Waals surface area contributed by atoms with Crippen molar-refractivity contribution in [1.82, 2.24) is 10.2 Å². The lowest BCUT2D eigenvalue weighted by atomic mass is 9.89. The summed E-state index contributed by atoms with van der Waals surface area (Å²) in [7, 11) is 0. The Morgan fingerprint density at radius 2 is 1.64 bits per heavy atom. The van der Waals surface area contributed by atoms with E-state index < -0.39 is 35.8 Å². The Morgan fingerprint density at radius 1 is 0.932 bits per heavy atom. The van der Waals surface area contributed by atoms with Gasteiger partial charge in [0.25, 0.3) is 5.79 Å². The number of hydrogen-bond acceptors (Lipinski definition) is 5. The van der Waals surface area contributed by atoms with Gasteiger partial charge in [-0.05, 0) is 75.9 Å². The molecule has 2 aliphatic rings. The monoisotopic (exact) mass is 592 g/mol. The standard InChI is InChI=1S/C36H36N2O6/c1-22(2)21-38(32-34(41)44-36(32,43)30-17-16-25-8-5-9-28(25)20-30)35(42)37-31(33(39)40)18-23-10-12-26(13-11-23)29-15-14-24-6-3-4-7-27(24)19-29/h3-4,6-7,10-17,19-20,22,31-32,43H,5,8-9,18,21H2,1-2H3,(H,37,42)(H,39,40)/t31-,32?,36?/m0/s1. The van der Waals surface area contributed by atoms with E-state index in [0.717, 1.165) is 52.3 Å². The molecule has 2 unspecified atom stereocenters. The van der Waals surface area contributed by atoms with Crippen LogP contribution in [0, 0.1) is 5.92 Å². The van der Waals surface area contributed by atoms with Crippen LogP contribution in [0.4, 0.5) is 4.79 Å². The zero-order valence-corrected chi connectivity index (χ0v) is 24.8. The number of fused-ring (bicyclic) bond motifs is 2. The molecular weight excluding hydrogens is 556 g/mol. The number of amides is 2. The van der Waals surface area contributed by atoms with Crippen LogP contribution in [0.2, 0.25) is 0 Å². The highest BCUT2D eigenvalue weighted by Gasteiger charge is 2.61. The van der Waals surface area contributed by atoms with Gasteiger partial charge in [-0.2, -0.15) is 0 Å². The van der Waals surface area contributed by atoms with E-state index in [2.05, 4.69) is 35.6 Å². The number of nitrogens with zero attached hydrogens (tertiary/aromatic N) is 1. The van der Waals surface area contributed by atoms with Gasteiger partial charge in [-0.15, -0.1) is 0 Å². The van der Waals surface area contributed by atoms with Gasteiger partial charge in [0.2, 0.25) is 6.04 Å². The molecule has 2 amide bonds. The van der Waals surface area contributed by atoms with E-state index in [4.69, 9.17) is 4.74 Å². The minimum absolute atomic E-state index is 0.0405. The molecule has 1 aliphatic carbocycles. The molecule has 44 heavy (non-hydrogen) atoms. The molecule has 1 heterocycles. The molecule has 6 rings (SSSR count). The normalized spacial score (nSPS) is 19.6. The number of carbonyl (C=O) groups is 3. The first-order valence-electron chi connectivity index (χ1n) is 15.1. The van der Waals surface area contributed by atoms with Gasteiger partial charge in [-0.3, -0.25) is 0 Å². The average Bonchev–Trinajstić information content (AvgIpc) is 3.48. The number of rotatable bonds is 9. The highest BCUT2D eigenvalue weighted by Crippen LogP contribution is 2.41. The molecular formula is C36H36N2O6. The van der Waals surface area contributed by atoms with Crippen molar-refractivity contribution >= 4 is 28.7 Å². The minimum atomic E-state index is -2.02. The van der Waals surface area contributed by atoms with Crippen LogP contribution in [0.1, 0.15) is 42.5 Å². The Labute approximate surface area is 256 Å². The van der Waals surface area contributed by atoms with Crippen molar-refractivity contribution in [1.29, 1.82) is 0 Å². The summed E-state index contributed by atoms with van der Waals surface area (Å²) in [6, 6.07) is 24.1. The van der Waals surface area contributed by atoms with Crippen molar-refractivity contribution < 1.29 is 29.3 Å². The molecule has 1 aliphatic heterocycles. The van der Waals surface area contributed by atoms with Crippen molar-refractivity contribution in [2.45, 2.75) is 57.4 Å². The molecule has 4 aromatic rings. The lowest BCUT2D eigenvalue weighted by Gasteiger charge is -2.48. The maximum atomic E-state index is 13.6. The van der Waals surface area contributed by atoms with Crippen LogP contribution < -0.4 is 5.32 Å². The maximum absolute atomic E-state index is 13.6. The van der Waals surface area contributed by atoms with Crippen LogP contribution in [-0.2, 0) is 39.4 Å². The van der Waals surface area contributed by atoms with Crippen molar-refractivity contribution in [2.24, 2.45) is 5.92 Å². The Hall–Kier alpha value is -4.69. The van der Waals surface area contributed by atoms with E-state index in [0.29, 0.717) is 5.56 Å². The second-order valence-corrected chi connectivity index (χ2v) is 12.2. The van der Waals surface area contributed by atoms with Crippen LogP contribution >= 0.6 is 0 Å². The van der Waals surface area contributed by atoms with Crippen LogP contribution in [0.5, 0.6) is 0 Å². The predicted molar refractivity (Wildman–Crippen MR) is 167 cm³/mol. The number of carboxylic acid groups (broad SMARTS) is 1. The maximum Gasteiger partial charge on any atom is 0.339 e. The first kappa shape index (κ1) is 29.4. The molecule has 226 valence electrons. The molecule has 0 radical (unpaired) electrons. The lowest BCUT2D eigenvalue weighted by Crippen LogP contribution is -2.70. The first-order valence-corrected chi connectivity index (χ1v) is 15.1. The fourth-order valence-electron chi connectivity index (χ4n) is 6.29. The zero-order valence-electron chi connectivity index (χ0n) is 24.8. The van der Waals surface area contributed by atoms with Crippen molar-refractivity contribution in [3.8, 4) is 11.1 Å². The van der Waals surface area contributed by atoms with Crippen molar-refractivity contribution in [2.75, 3.05) is 6.54 Å². The number of esters is 1. The number of hydrogen-bond donors (Lipinski definition) is 3. The number of benzene rings is 4. The van der Waals surface area contributed by atoms with Gasteiger partial charge in [0.05, 0.1) is 0 Å². The molecule has 3 N–H and O–H groups in total. The van der Waals surface area contributed by atoms with Crippen LogP contribution in [-0.4, -0.2) is 51.7 Å². The quantitative estimate of drug-likeness (QED) is 0.223. The summed E-state index contributed by atoms with van der Waals surface area (Å²) in [5, 5.41) is 26.5. The summed E-state index contributed by atoms with van der Waals surface area (Å²) < 4.78 is 5.30. The smallest absolute Gasteiger partial charge is 0.339 e. The molecule has 8 nitrogen and oxygen atoms in total. The predicted octanol–water partition coefficient (Wildman–Crippen LogP) is 5.43. The Bertz CT molecular complexity index is 1730. The number of aliphatic carboxylic acids is 1. The summed E-state index contributed by atoms with van der Waals surface area (Å²) in [6.45, 7) is 3.88. The number of carbonyl (C=O) groups excluding carboxylic acids is 2. The number of cyclic esters (lactones) is 1. The second-order valence-electron chi connectivity index (χ2n) is 12.2. The highest BCUT2D eigenvalue weighted by molar-refractivity contribution is 5.91. The van der Waals surface area contributed by atoms with E-state index in [-0.39, 0.29) is 18.9 Å². The number of nitrogens with one attached hydrogen (secondary N) is 1. The van der Waals surface area contributed by atoms with E-state index in [1.54, 1.807) is 6.07 Å². The molecule has 4 aromatic carbocycles. The summed E-state index contributed by atoms with van der Waals surface area (Å²) in [5.41, 5.74) is 5.47. The lowest BCUT2D eigenvalue weighted by molar-refractivity contribution is -0.294. The molecule has 0 saturated carbocycles. The van der Waals surface area contributed by atoms with E-state index in [1.807, 2.05) is 62.4 Å². The highest BCUT2D eigenvalue weighted by atomic mass is 16.7. The molecule has 0 aromatic heterocycles. The summed E-state index contributed by atoms with van der Waals surface area (Å²) >= 11 is 0. The van der Waals surface area contributed by atoms with Gasteiger partial charge in [-0.25, -0.2) is 14.4 Å². The fraction of sp³-hybridized carbons (Fsp3) is 0.306. The third kappa shape index (κ3) is 5.65. The summed E-state index contributed by atoms with van der Waals surface area (Å²) in [4.78, 5) is 39.9. The number of urea groups is 1. The molecule has 8 heteroatoms. The number of aliphatic hydroxyl groups is 1. The molecule has 0 spiro atoms. The van der Waals surface area contributed by atoms with Crippen LogP contribution in [0.3, 0.4) is 0 Å². The van der Waals surface area contributed by atoms with Crippen LogP contribution in [0.15, 0.2) is 84.9 Å². The van der Waals surface area contributed by atoms with Crippen LogP contribution in [0.25, 0.3) is 21.9 Å². The Morgan fingerprint density at radius 3 is 2.34 bits per heavy atom. The SMILES string of the molecule is CC(C)CN(C(=O)N[C@@H](Cc1ccc(-c2ccc3ccccc3c2)cc1)C(=O)O)C1C(=O)OC1(O)c1ccc2c(c1)CCC2. The summed E-state index contributed by atoms with van der Waals surface area (Å²) in [6.07, 6.45) is 2.89. The molecule has 1 saturated heterocycles. The van der Waals surface area contributed by atoms with Gasteiger partial charge in [0, 0.05) is 18.5 Å². The zero-order chi connectivity index (χ0) is 31.0. The third-order valence-corrected chi connectivity index (χ3v) is 8.57. The minimum Gasteiger partial charge on any atom is -0.480 e. The Balaban J connectivity index is 1.19. The fourth-order valence-corrected chi connectivity index (χ4v) is 6.29. The first-order chi connectivity index (χ1) is 21.1. The van der Waals surface area contributed by atoms with Gasteiger partial charge >= 0.3 is 18.0 Å². The van der Waals surface area contributed by atoms with Gasteiger partial charge in [0.15, 0.2) is 0 Å². The topological polar surface area (TPSA) is 116 Å². The van der Waals surface area contributed by atoms with E-state index >= 15 is 0 Å². The summed E-state index contributed by atoms with van der Waals surface area (Å²) in [5.74, 6) is -4.02. The number of aryl methyl sites for hydroxylation is 2. The van der Waals surface area contributed by atoms with Gasteiger partial charge in [-0.1, -0.05) is 86.6 Å².